The Labute approximate surface area is 176 Å². The zero-order valence-electron chi connectivity index (χ0n) is 17.8. The third kappa shape index (κ3) is 6.03. The highest BCUT2D eigenvalue weighted by atomic mass is 16.3. The van der Waals surface area contributed by atoms with E-state index in [2.05, 4.69) is 15.7 Å². The fraction of sp³-hybridized carbons (Fsp3) is 0.524. The van der Waals surface area contributed by atoms with Gasteiger partial charge in [-0.2, -0.15) is 5.10 Å². The van der Waals surface area contributed by atoms with Crippen molar-refractivity contribution in [1.29, 1.82) is 0 Å². The molecule has 0 saturated heterocycles. The molecule has 0 aliphatic rings. The second-order valence-electron chi connectivity index (χ2n) is 8.30. The molecule has 1 heterocycles. The van der Waals surface area contributed by atoms with E-state index >= 15 is 0 Å². The molecule has 0 radical (unpaired) electrons. The lowest BCUT2D eigenvalue weighted by atomic mass is 9.86. The molecule has 5 N–H and O–H groups in total. The number of aromatic nitrogens is 2. The van der Waals surface area contributed by atoms with E-state index in [0.717, 1.165) is 5.52 Å². The van der Waals surface area contributed by atoms with Gasteiger partial charge in [-0.3, -0.25) is 19.1 Å². The summed E-state index contributed by atoms with van der Waals surface area (Å²) in [6, 6.07) is 6.59. The van der Waals surface area contributed by atoms with Crippen molar-refractivity contribution in [2.24, 2.45) is 11.1 Å². The van der Waals surface area contributed by atoms with Crippen molar-refractivity contribution in [3.05, 3.63) is 30.0 Å². The number of nitrogens with zero attached hydrogens (tertiary/aromatic N) is 2. The molecular weight excluding hydrogens is 386 g/mol. The van der Waals surface area contributed by atoms with Gasteiger partial charge in [-0.05, 0) is 24.3 Å². The first kappa shape index (κ1) is 23.3. The molecule has 0 aliphatic carbocycles. The van der Waals surface area contributed by atoms with Gasteiger partial charge in [-0.1, -0.05) is 39.0 Å². The number of fused-ring (bicyclic) bond motifs is 1. The van der Waals surface area contributed by atoms with E-state index in [4.69, 9.17) is 10.8 Å². The number of amides is 3. The summed E-state index contributed by atoms with van der Waals surface area (Å²) in [5.41, 5.74) is 5.69. The number of rotatable bonds is 10. The van der Waals surface area contributed by atoms with Crippen molar-refractivity contribution in [3.63, 3.8) is 0 Å². The first-order chi connectivity index (χ1) is 14.1. The van der Waals surface area contributed by atoms with Gasteiger partial charge in [-0.25, -0.2) is 0 Å². The van der Waals surface area contributed by atoms with E-state index < -0.39 is 17.4 Å². The zero-order valence-corrected chi connectivity index (χ0v) is 17.8. The van der Waals surface area contributed by atoms with Gasteiger partial charge < -0.3 is 21.5 Å². The standard InChI is InChI=1S/C21H31N5O4/c1-21(2,3)18(20(30)23-11-13-27)24-19(29)17-14-8-4-5-9-15(14)26(25-17)12-7-6-10-16(22)28/h4-5,8-9,18,27H,6-7,10-13H2,1-3H3,(H2,22,28)(H,23,30)(H,24,29). The van der Waals surface area contributed by atoms with Crippen LogP contribution in [0.1, 0.15) is 50.5 Å². The summed E-state index contributed by atoms with van der Waals surface area (Å²) in [6.07, 6.45) is 1.65. The number of carbonyl (C=O) groups excluding carboxylic acids is 3. The van der Waals surface area contributed by atoms with Crippen LogP contribution in [-0.2, 0) is 16.1 Å². The normalized spacial score (nSPS) is 12.5. The van der Waals surface area contributed by atoms with Crippen LogP contribution >= 0.6 is 0 Å². The minimum Gasteiger partial charge on any atom is -0.395 e. The van der Waals surface area contributed by atoms with E-state index in [1.807, 2.05) is 45.0 Å². The van der Waals surface area contributed by atoms with Crippen molar-refractivity contribution in [3.8, 4) is 0 Å². The average molecular weight is 418 g/mol. The van der Waals surface area contributed by atoms with Crippen molar-refractivity contribution in [2.45, 2.75) is 52.6 Å². The Morgan fingerprint density at radius 2 is 1.90 bits per heavy atom. The van der Waals surface area contributed by atoms with Gasteiger partial charge in [0.25, 0.3) is 5.91 Å². The summed E-state index contributed by atoms with van der Waals surface area (Å²) in [6.45, 7) is 6.04. The second kappa shape index (κ2) is 10.2. The quantitative estimate of drug-likeness (QED) is 0.426. The Hall–Kier alpha value is -2.94. The van der Waals surface area contributed by atoms with Crippen LogP contribution < -0.4 is 16.4 Å². The first-order valence-electron chi connectivity index (χ1n) is 10.1. The van der Waals surface area contributed by atoms with Gasteiger partial charge in [0.05, 0.1) is 12.1 Å². The van der Waals surface area contributed by atoms with Gasteiger partial charge in [0.15, 0.2) is 5.69 Å². The van der Waals surface area contributed by atoms with Crippen molar-refractivity contribution >= 4 is 28.6 Å². The van der Waals surface area contributed by atoms with Crippen molar-refractivity contribution in [1.82, 2.24) is 20.4 Å². The lowest BCUT2D eigenvalue weighted by Gasteiger charge is -2.30. The van der Waals surface area contributed by atoms with E-state index in [0.29, 0.717) is 31.2 Å². The molecule has 0 saturated carbocycles. The highest BCUT2D eigenvalue weighted by Crippen LogP contribution is 2.22. The Balaban J connectivity index is 2.24. The molecule has 1 aromatic heterocycles. The van der Waals surface area contributed by atoms with Crippen molar-refractivity contribution in [2.75, 3.05) is 13.2 Å². The highest BCUT2D eigenvalue weighted by Gasteiger charge is 2.33. The smallest absolute Gasteiger partial charge is 0.273 e. The monoisotopic (exact) mass is 417 g/mol. The second-order valence-corrected chi connectivity index (χ2v) is 8.30. The molecule has 1 aromatic carbocycles. The Morgan fingerprint density at radius 1 is 1.20 bits per heavy atom. The molecule has 1 atom stereocenters. The maximum Gasteiger partial charge on any atom is 0.273 e. The Bertz CT molecular complexity index is 900. The van der Waals surface area contributed by atoms with E-state index in [9.17, 15) is 14.4 Å². The molecule has 164 valence electrons. The fourth-order valence-corrected chi connectivity index (χ4v) is 3.18. The first-order valence-corrected chi connectivity index (χ1v) is 10.1. The van der Waals surface area contributed by atoms with Gasteiger partial charge >= 0.3 is 0 Å². The Morgan fingerprint density at radius 3 is 2.53 bits per heavy atom. The molecule has 30 heavy (non-hydrogen) atoms. The molecule has 0 spiro atoms. The minimum atomic E-state index is -0.795. The number of para-hydroxylation sites is 1. The number of hydrogen-bond acceptors (Lipinski definition) is 5. The molecule has 2 aromatic rings. The summed E-state index contributed by atoms with van der Waals surface area (Å²) in [5, 5.41) is 19.5. The molecule has 3 amide bonds. The number of aliphatic hydroxyl groups is 1. The fourth-order valence-electron chi connectivity index (χ4n) is 3.18. The SMILES string of the molecule is CC(C)(C)C(NC(=O)c1nn(CCCCC(N)=O)c2ccccc12)C(=O)NCCO. The van der Waals surface area contributed by atoms with Crippen molar-refractivity contribution < 1.29 is 19.5 Å². The summed E-state index contributed by atoms with van der Waals surface area (Å²) < 4.78 is 1.74. The minimum absolute atomic E-state index is 0.115. The van der Waals surface area contributed by atoms with Crippen LogP contribution in [0.2, 0.25) is 0 Å². The summed E-state index contributed by atoms with van der Waals surface area (Å²) in [4.78, 5) is 36.5. The maximum atomic E-state index is 13.0. The summed E-state index contributed by atoms with van der Waals surface area (Å²) >= 11 is 0. The molecule has 1 unspecified atom stereocenters. The van der Waals surface area contributed by atoms with Gasteiger partial charge in [-0.15, -0.1) is 0 Å². The number of carbonyl (C=O) groups is 3. The third-order valence-corrected chi connectivity index (χ3v) is 4.73. The molecule has 0 aliphatic heterocycles. The number of aryl methyl sites for hydroxylation is 1. The topological polar surface area (TPSA) is 139 Å². The molecule has 2 rings (SSSR count). The number of benzene rings is 1. The average Bonchev–Trinajstić information content (AvgIpc) is 3.05. The highest BCUT2D eigenvalue weighted by molar-refractivity contribution is 6.06. The summed E-state index contributed by atoms with van der Waals surface area (Å²) in [5.74, 6) is -1.14. The lowest BCUT2D eigenvalue weighted by Crippen LogP contribution is -2.54. The molecule has 9 heteroatoms. The maximum absolute atomic E-state index is 13.0. The van der Waals surface area contributed by atoms with E-state index in [1.54, 1.807) is 4.68 Å². The van der Waals surface area contributed by atoms with Crippen LogP contribution in [0, 0.1) is 5.41 Å². The van der Waals surface area contributed by atoms with Crippen LogP contribution in [0.3, 0.4) is 0 Å². The van der Waals surface area contributed by atoms with Gasteiger partial charge in [0.1, 0.15) is 6.04 Å². The lowest BCUT2D eigenvalue weighted by molar-refractivity contribution is -0.125. The molecule has 0 fully saturated rings. The summed E-state index contributed by atoms with van der Waals surface area (Å²) in [7, 11) is 0. The number of hydrogen-bond donors (Lipinski definition) is 4. The Kier molecular flexibility index (Phi) is 7.93. The molecule has 0 bridgehead atoms. The van der Waals surface area contributed by atoms with Crippen LogP contribution in [0.4, 0.5) is 0 Å². The van der Waals surface area contributed by atoms with Crippen LogP contribution in [0.25, 0.3) is 10.9 Å². The number of primary amides is 1. The zero-order chi connectivity index (χ0) is 22.3. The number of aliphatic hydroxyl groups excluding tert-OH is 1. The number of nitrogens with two attached hydrogens (primary N) is 1. The predicted molar refractivity (Wildman–Crippen MR) is 114 cm³/mol. The van der Waals surface area contributed by atoms with Crippen LogP contribution in [-0.4, -0.2) is 51.8 Å². The van der Waals surface area contributed by atoms with E-state index in [-0.39, 0.29) is 30.7 Å². The van der Waals surface area contributed by atoms with Gasteiger partial charge in [0, 0.05) is 24.9 Å². The van der Waals surface area contributed by atoms with Gasteiger partial charge in [0.2, 0.25) is 11.8 Å². The van der Waals surface area contributed by atoms with Crippen LogP contribution in [0.5, 0.6) is 0 Å². The third-order valence-electron chi connectivity index (χ3n) is 4.73. The van der Waals surface area contributed by atoms with E-state index in [1.165, 1.54) is 0 Å². The molecule has 9 nitrogen and oxygen atoms in total. The number of unbranched alkanes of at least 4 members (excludes halogenated alkanes) is 1. The predicted octanol–water partition coefficient (Wildman–Crippen LogP) is 0.945. The molecular formula is C21H31N5O4. The van der Waals surface area contributed by atoms with Crippen LogP contribution in [0.15, 0.2) is 24.3 Å². The number of nitrogens with one attached hydrogen (secondary N) is 2. The largest absolute Gasteiger partial charge is 0.395 e.